The fourth-order valence-electron chi connectivity index (χ4n) is 1.73. The number of amides is 1. The molecule has 0 atom stereocenters. The molecule has 0 N–H and O–H groups in total. The summed E-state index contributed by atoms with van der Waals surface area (Å²) in [5.41, 5.74) is 0.538. The van der Waals surface area contributed by atoms with E-state index >= 15 is 0 Å². The number of benzene rings is 1. The Labute approximate surface area is 108 Å². The minimum Gasteiger partial charge on any atom is -0.370 e. The summed E-state index contributed by atoms with van der Waals surface area (Å²) in [4.78, 5) is 23.3. The van der Waals surface area contributed by atoms with Crippen molar-refractivity contribution in [3.63, 3.8) is 0 Å². The van der Waals surface area contributed by atoms with Gasteiger partial charge in [-0.3, -0.25) is 14.9 Å². The molecule has 0 spiro atoms. The average Bonchev–Trinajstić information content (AvgIpc) is 2.34. The highest BCUT2D eigenvalue weighted by Gasteiger charge is 2.20. The maximum Gasteiger partial charge on any atom is 0.288 e. The summed E-state index contributed by atoms with van der Waals surface area (Å²) in [7, 11) is 0. The van der Waals surface area contributed by atoms with Gasteiger partial charge in [-0.25, -0.2) is 0 Å². The third-order valence-corrected chi connectivity index (χ3v) is 2.98. The van der Waals surface area contributed by atoms with Gasteiger partial charge >= 0.3 is 0 Å². The molecule has 96 valence electrons. The molecule has 1 aliphatic rings. The third-order valence-electron chi connectivity index (χ3n) is 2.66. The van der Waals surface area contributed by atoms with Crippen molar-refractivity contribution in [1.82, 2.24) is 4.90 Å². The van der Waals surface area contributed by atoms with Crippen LogP contribution in [0.25, 0.3) is 0 Å². The minimum absolute atomic E-state index is 0.0652. The molecular formula is C11H11ClN2O4. The monoisotopic (exact) mass is 270 g/mol. The molecule has 1 amide bonds. The van der Waals surface area contributed by atoms with E-state index in [0.717, 1.165) is 0 Å². The van der Waals surface area contributed by atoms with Crippen LogP contribution in [0.3, 0.4) is 0 Å². The van der Waals surface area contributed by atoms with E-state index in [1.807, 2.05) is 0 Å². The third kappa shape index (κ3) is 2.77. The van der Waals surface area contributed by atoms with Gasteiger partial charge in [-0.15, -0.1) is 0 Å². The van der Waals surface area contributed by atoms with Crippen LogP contribution in [0.15, 0.2) is 18.2 Å². The highest BCUT2D eigenvalue weighted by Crippen LogP contribution is 2.25. The fourth-order valence-corrected chi connectivity index (χ4v) is 1.92. The van der Waals surface area contributed by atoms with E-state index < -0.39 is 4.92 Å². The van der Waals surface area contributed by atoms with E-state index in [9.17, 15) is 14.9 Å². The summed E-state index contributed by atoms with van der Waals surface area (Å²) in [6.07, 6.45) is 0. The number of rotatable bonds is 3. The molecule has 1 aromatic carbocycles. The van der Waals surface area contributed by atoms with Crippen LogP contribution in [0.2, 0.25) is 5.02 Å². The predicted molar refractivity (Wildman–Crippen MR) is 64.3 cm³/mol. The normalized spacial score (nSPS) is 15.8. The molecule has 0 saturated carbocycles. The number of nitro benzene ring substituents is 1. The molecule has 1 aromatic rings. The topological polar surface area (TPSA) is 72.7 Å². The lowest BCUT2D eigenvalue weighted by atomic mass is 10.2. The van der Waals surface area contributed by atoms with Gasteiger partial charge in [-0.1, -0.05) is 17.7 Å². The summed E-state index contributed by atoms with van der Waals surface area (Å²) in [5, 5.41) is 10.8. The Morgan fingerprint density at radius 3 is 2.94 bits per heavy atom. The lowest BCUT2D eigenvalue weighted by Crippen LogP contribution is -2.40. The predicted octanol–water partition coefficient (Wildman–Crippen LogP) is 1.61. The van der Waals surface area contributed by atoms with Crippen LogP contribution in [0.5, 0.6) is 0 Å². The van der Waals surface area contributed by atoms with E-state index in [1.54, 1.807) is 11.0 Å². The van der Waals surface area contributed by atoms with Crippen LogP contribution in [-0.2, 0) is 16.1 Å². The Kier molecular flexibility index (Phi) is 3.78. The van der Waals surface area contributed by atoms with E-state index in [0.29, 0.717) is 25.3 Å². The van der Waals surface area contributed by atoms with Crippen molar-refractivity contribution < 1.29 is 14.5 Å². The zero-order valence-electron chi connectivity index (χ0n) is 9.47. The van der Waals surface area contributed by atoms with Gasteiger partial charge in [0.05, 0.1) is 11.5 Å². The van der Waals surface area contributed by atoms with Gasteiger partial charge in [0, 0.05) is 19.2 Å². The molecule has 1 heterocycles. The first-order chi connectivity index (χ1) is 8.58. The Balaban J connectivity index is 2.16. The van der Waals surface area contributed by atoms with E-state index in [4.69, 9.17) is 16.3 Å². The number of nitrogens with zero attached hydrogens (tertiary/aromatic N) is 2. The van der Waals surface area contributed by atoms with Crippen molar-refractivity contribution in [1.29, 1.82) is 0 Å². The Morgan fingerprint density at radius 1 is 1.50 bits per heavy atom. The summed E-state index contributed by atoms with van der Waals surface area (Å²) >= 11 is 5.72. The zero-order chi connectivity index (χ0) is 13.1. The lowest BCUT2D eigenvalue weighted by Gasteiger charge is -2.26. The van der Waals surface area contributed by atoms with Crippen molar-refractivity contribution in [2.24, 2.45) is 0 Å². The van der Waals surface area contributed by atoms with Crippen molar-refractivity contribution in [3.05, 3.63) is 38.9 Å². The van der Waals surface area contributed by atoms with E-state index in [2.05, 4.69) is 0 Å². The van der Waals surface area contributed by atoms with E-state index in [-0.39, 0.29) is 23.2 Å². The Hall–Kier alpha value is -1.66. The molecule has 0 aliphatic carbocycles. The van der Waals surface area contributed by atoms with Crippen molar-refractivity contribution in [2.75, 3.05) is 19.8 Å². The molecule has 0 bridgehead atoms. The molecular weight excluding hydrogens is 260 g/mol. The molecule has 6 nitrogen and oxygen atoms in total. The van der Waals surface area contributed by atoms with Gasteiger partial charge in [0.1, 0.15) is 11.6 Å². The molecule has 1 fully saturated rings. The standard InChI is InChI=1S/C11H11ClN2O4/c12-9-2-1-8(5-10(9)14(16)17)6-13-3-4-18-7-11(13)15/h1-2,5H,3-4,6-7H2. The number of morpholine rings is 1. The lowest BCUT2D eigenvalue weighted by molar-refractivity contribution is -0.384. The molecule has 7 heteroatoms. The van der Waals surface area contributed by atoms with Crippen LogP contribution in [0.4, 0.5) is 5.69 Å². The van der Waals surface area contributed by atoms with Gasteiger partial charge in [0.25, 0.3) is 5.69 Å². The van der Waals surface area contributed by atoms with Gasteiger partial charge in [-0.2, -0.15) is 0 Å². The zero-order valence-corrected chi connectivity index (χ0v) is 10.2. The molecule has 0 unspecified atom stereocenters. The van der Waals surface area contributed by atoms with Gasteiger partial charge in [0.2, 0.25) is 5.91 Å². The first kappa shape index (κ1) is 12.8. The van der Waals surface area contributed by atoms with Crippen LogP contribution in [0, 0.1) is 10.1 Å². The SMILES string of the molecule is O=C1COCCN1Cc1ccc(Cl)c([N+](=O)[O-])c1. The van der Waals surface area contributed by atoms with Gasteiger partial charge in [0.15, 0.2) is 0 Å². The minimum atomic E-state index is -0.535. The summed E-state index contributed by atoms with van der Waals surface area (Å²) in [6.45, 7) is 1.38. The number of hydrogen-bond donors (Lipinski definition) is 0. The maximum absolute atomic E-state index is 11.5. The van der Waals surface area contributed by atoms with Gasteiger partial charge < -0.3 is 9.64 Å². The number of carbonyl (C=O) groups is 1. The van der Waals surface area contributed by atoms with Gasteiger partial charge in [-0.05, 0) is 11.6 Å². The highest BCUT2D eigenvalue weighted by atomic mass is 35.5. The summed E-state index contributed by atoms with van der Waals surface area (Å²) < 4.78 is 5.01. The fraction of sp³-hybridized carbons (Fsp3) is 0.364. The average molecular weight is 271 g/mol. The second-order valence-electron chi connectivity index (χ2n) is 3.91. The van der Waals surface area contributed by atoms with Crippen LogP contribution in [-0.4, -0.2) is 35.5 Å². The van der Waals surface area contributed by atoms with Crippen molar-refractivity contribution >= 4 is 23.2 Å². The largest absolute Gasteiger partial charge is 0.370 e. The number of hydrogen-bond acceptors (Lipinski definition) is 4. The molecule has 2 rings (SSSR count). The second-order valence-corrected chi connectivity index (χ2v) is 4.32. The number of halogens is 1. The molecule has 0 radical (unpaired) electrons. The Morgan fingerprint density at radius 2 is 2.28 bits per heavy atom. The molecule has 1 aliphatic heterocycles. The molecule has 18 heavy (non-hydrogen) atoms. The quantitative estimate of drug-likeness (QED) is 0.618. The Bertz CT molecular complexity index is 492. The van der Waals surface area contributed by atoms with Crippen molar-refractivity contribution in [3.8, 4) is 0 Å². The first-order valence-corrected chi connectivity index (χ1v) is 5.74. The number of ether oxygens (including phenoxy) is 1. The molecule has 1 saturated heterocycles. The maximum atomic E-state index is 11.5. The number of carbonyl (C=O) groups excluding carboxylic acids is 1. The van der Waals surface area contributed by atoms with Crippen molar-refractivity contribution in [2.45, 2.75) is 6.54 Å². The van der Waals surface area contributed by atoms with Crippen LogP contribution < -0.4 is 0 Å². The highest BCUT2D eigenvalue weighted by molar-refractivity contribution is 6.32. The van der Waals surface area contributed by atoms with Crippen LogP contribution >= 0.6 is 11.6 Å². The summed E-state index contributed by atoms with van der Waals surface area (Å²) in [6, 6.07) is 4.54. The van der Waals surface area contributed by atoms with Crippen LogP contribution in [0.1, 0.15) is 5.56 Å². The second kappa shape index (κ2) is 5.32. The summed E-state index contributed by atoms with van der Waals surface area (Å²) in [5.74, 6) is -0.112. The van der Waals surface area contributed by atoms with E-state index in [1.165, 1.54) is 12.1 Å². The smallest absolute Gasteiger partial charge is 0.288 e. The first-order valence-electron chi connectivity index (χ1n) is 5.36. The molecule has 0 aromatic heterocycles. The number of nitro groups is 1.